The molecule has 0 spiro atoms. The minimum atomic E-state index is -0.278. The van der Waals surface area contributed by atoms with E-state index in [0.29, 0.717) is 17.5 Å². The fourth-order valence-corrected chi connectivity index (χ4v) is 2.55. The molecule has 0 aliphatic rings. The molecule has 4 nitrogen and oxygen atoms in total. The number of carbonyl (C=O) groups is 1. The standard InChI is InChI=1S/C15H24BrN3O/c1-10(2)8-19(11(3)4)9-13-6-5-12(7-14(13)16)15(20)18-17/h5-7,10-11H,8-9,17H2,1-4H3,(H,18,20). The van der Waals surface area contributed by atoms with Crippen LogP contribution in [0.5, 0.6) is 0 Å². The van der Waals surface area contributed by atoms with E-state index in [0.717, 1.165) is 17.6 Å². The van der Waals surface area contributed by atoms with Crippen molar-refractivity contribution in [3.05, 3.63) is 33.8 Å². The molecule has 1 aromatic rings. The maximum Gasteiger partial charge on any atom is 0.265 e. The van der Waals surface area contributed by atoms with Gasteiger partial charge in [0.05, 0.1) is 0 Å². The Morgan fingerprint density at radius 2 is 2.00 bits per heavy atom. The topological polar surface area (TPSA) is 58.4 Å². The zero-order valence-corrected chi connectivity index (χ0v) is 14.2. The quantitative estimate of drug-likeness (QED) is 0.475. The van der Waals surface area contributed by atoms with Gasteiger partial charge in [-0.2, -0.15) is 0 Å². The van der Waals surface area contributed by atoms with Crippen molar-refractivity contribution in [3.8, 4) is 0 Å². The number of benzene rings is 1. The summed E-state index contributed by atoms with van der Waals surface area (Å²) in [5.74, 6) is 5.49. The van der Waals surface area contributed by atoms with Crippen molar-refractivity contribution in [2.75, 3.05) is 6.54 Å². The van der Waals surface area contributed by atoms with Crippen LogP contribution in [0.2, 0.25) is 0 Å². The Hall–Kier alpha value is -0.910. The maximum atomic E-state index is 11.5. The second-order valence-electron chi connectivity index (χ2n) is 5.70. The van der Waals surface area contributed by atoms with Crippen LogP contribution in [0.1, 0.15) is 43.6 Å². The molecule has 5 heteroatoms. The van der Waals surface area contributed by atoms with Gasteiger partial charge >= 0.3 is 0 Å². The highest BCUT2D eigenvalue weighted by Crippen LogP contribution is 2.21. The molecule has 1 amide bonds. The lowest BCUT2D eigenvalue weighted by Gasteiger charge is -2.28. The van der Waals surface area contributed by atoms with Gasteiger partial charge in [0.15, 0.2) is 0 Å². The number of halogens is 1. The number of hydrogen-bond donors (Lipinski definition) is 2. The summed E-state index contributed by atoms with van der Waals surface area (Å²) in [5.41, 5.74) is 3.88. The average Bonchev–Trinajstić information content (AvgIpc) is 2.38. The number of hydrazine groups is 1. The molecule has 0 aliphatic carbocycles. The van der Waals surface area contributed by atoms with Crippen molar-refractivity contribution in [1.29, 1.82) is 0 Å². The lowest BCUT2D eigenvalue weighted by atomic mass is 10.1. The predicted octanol–water partition coefficient (Wildman–Crippen LogP) is 2.92. The Labute approximate surface area is 129 Å². The van der Waals surface area contributed by atoms with Crippen LogP contribution < -0.4 is 11.3 Å². The molecule has 0 heterocycles. The van der Waals surface area contributed by atoms with Crippen LogP contribution in [0.3, 0.4) is 0 Å². The van der Waals surface area contributed by atoms with E-state index in [1.165, 1.54) is 5.56 Å². The molecule has 0 aromatic heterocycles. The van der Waals surface area contributed by atoms with Gasteiger partial charge in [-0.1, -0.05) is 35.8 Å². The summed E-state index contributed by atoms with van der Waals surface area (Å²) in [7, 11) is 0. The minimum absolute atomic E-state index is 0.278. The summed E-state index contributed by atoms with van der Waals surface area (Å²) in [4.78, 5) is 13.9. The molecule has 0 unspecified atom stereocenters. The van der Waals surface area contributed by atoms with Gasteiger partial charge in [0, 0.05) is 29.2 Å². The smallest absolute Gasteiger partial charge is 0.265 e. The lowest BCUT2D eigenvalue weighted by Crippen LogP contribution is -2.33. The maximum absolute atomic E-state index is 11.5. The van der Waals surface area contributed by atoms with Crippen LogP contribution in [0.15, 0.2) is 22.7 Å². The number of nitrogens with zero attached hydrogens (tertiary/aromatic N) is 1. The molecule has 0 fully saturated rings. The van der Waals surface area contributed by atoms with Crippen LogP contribution in [0.4, 0.5) is 0 Å². The largest absolute Gasteiger partial charge is 0.296 e. The van der Waals surface area contributed by atoms with Crippen molar-refractivity contribution in [2.45, 2.75) is 40.3 Å². The van der Waals surface area contributed by atoms with Crippen LogP contribution in [0, 0.1) is 5.92 Å². The number of hydrogen-bond acceptors (Lipinski definition) is 3. The van der Waals surface area contributed by atoms with E-state index in [-0.39, 0.29) is 5.91 Å². The highest BCUT2D eigenvalue weighted by atomic mass is 79.9. The van der Waals surface area contributed by atoms with Crippen molar-refractivity contribution in [3.63, 3.8) is 0 Å². The van der Waals surface area contributed by atoms with Crippen LogP contribution in [-0.4, -0.2) is 23.4 Å². The van der Waals surface area contributed by atoms with Gasteiger partial charge in [-0.25, -0.2) is 5.84 Å². The molecular formula is C15H24BrN3O. The summed E-state index contributed by atoms with van der Waals surface area (Å²) >= 11 is 3.54. The summed E-state index contributed by atoms with van der Waals surface area (Å²) in [6.07, 6.45) is 0. The zero-order chi connectivity index (χ0) is 15.3. The summed E-state index contributed by atoms with van der Waals surface area (Å²) < 4.78 is 0.938. The number of nitrogen functional groups attached to an aromatic ring is 1. The summed E-state index contributed by atoms with van der Waals surface area (Å²) in [6, 6.07) is 6.07. The molecular weight excluding hydrogens is 318 g/mol. The number of rotatable bonds is 6. The Kier molecular flexibility index (Phi) is 6.65. The minimum Gasteiger partial charge on any atom is -0.296 e. The van der Waals surface area contributed by atoms with Crippen LogP contribution in [0.25, 0.3) is 0 Å². The van der Waals surface area contributed by atoms with E-state index in [1.807, 2.05) is 12.1 Å². The third-order valence-electron chi connectivity index (χ3n) is 3.15. The molecule has 0 atom stereocenters. The van der Waals surface area contributed by atoms with Crippen molar-refractivity contribution >= 4 is 21.8 Å². The second kappa shape index (κ2) is 7.76. The van der Waals surface area contributed by atoms with Crippen LogP contribution in [-0.2, 0) is 6.54 Å². The van der Waals surface area contributed by atoms with Gasteiger partial charge in [-0.3, -0.25) is 15.1 Å². The first-order valence-electron chi connectivity index (χ1n) is 6.88. The second-order valence-corrected chi connectivity index (χ2v) is 6.55. The zero-order valence-electron chi connectivity index (χ0n) is 12.6. The first-order chi connectivity index (χ1) is 9.35. The number of amides is 1. The molecule has 0 aliphatic heterocycles. The van der Waals surface area contributed by atoms with Gasteiger partial charge in [0.25, 0.3) is 5.91 Å². The van der Waals surface area contributed by atoms with E-state index in [2.05, 4.69) is 54.0 Å². The molecule has 0 saturated carbocycles. The fraction of sp³-hybridized carbons (Fsp3) is 0.533. The van der Waals surface area contributed by atoms with Gasteiger partial charge in [0.1, 0.15) is 0 Å². The van der Waals surface area contributed by atoms with Gasteiger partial charge in [0.2, 0.25) is 0 Å². The molecule has 20 heavy (non-hydrogen) atoms. The Bertz CT molecular complexity index is 460. The van der Waals surface area contributed by atoms with E-state index < -0.39 is 0 Å². The average molecular weight is 342 g/mol. The first kappa shape index (κ1) is 17.1. The Morgan fingerprint density at radius 1 is 1.35 bits per heavy atom. The molecule has 112 valence electrons. The molecule has 3 N–H and O–H groups in total. The fourth-order valence-electron chi connectivity index (χ4n) is 2.05. The molecule has 0 saturated heterocycles. The Balaban J connectivity index is 2.88. The third kappa shape index (κ3) is 4.89. The van der Waals surface area contributed by atoms with Crippen LogP contribution >= 0.6 is 15.9 Å². The van der Waals surface area contributed by atoms with E-state index >= 15 is 0 Å². The SMILES string of the molecule is CC(C)CN(Cc1ccc(C(=O)NN)cc1Br)C(C)C. The summed E-state index contributed by atoms with van der Waals surface area (Å²) in [6.45, 7) is 10.8. The van der Waals surface area contributed by atoms with E-state index in [1.54, 1.807) is 6.07 Å². The number of carbonyl (C=O) groups excluding carboxylic acids is 1. The monoisotopic (exact) mass is 341 g/mol. The Morgan fingerprint density at radius 3 is 2.45 bits per heavy atom. The van der Waals surface area contributed by atoms with Gasteiger partial charge in [-0.15, -0.1) is 0 Å². The van der Waals surface area contributed by atoms with Crippen molar-refractivity contribution in [1.82, 2.24) is 10.3 Å². The van der Waals surface area contributed by atoms with Crippen molar-refractivity contribution in [2.24, 2.45) is 11.8 Å². The number of nitrogens with two attached hydrogens (primary N) is 1. The first-order valence-corrected chi connectivity index (χ1v) is 7.67. The van der Waals surface area contributed by atoms with E-state index in [9.17, 15) is 4.79 Å². The van der Waals surface area contributed by atoms with E-state index in [4.69, 9.17) is 5.84 Å². The molecule has 1 aromatic carbocycles. The van der Waals surface area contributed by atoms with Gasteiger partial charge < -0.3 is 0 Å². The molecule has 0 bridgehead atoms. The molecule has 1 rings (SSSR count). The predicted molar refractivity (Wildman–Crippen MR) is 86.2 cm³/mol. The number of nitrogens with one attached hydrogen (secondary N) is 1. The highest BCUT2D eigenvalue weighted by molar-refractivity contribution is 9.10. The lowest BCUT2D eigenvalue weighted by molar-refractivity contribution is 0.0953. The van der Waals surface area contributed by atoms with Gasteiger partial charge in [-0.05, 0) is 37.5 Å². The molecule has 0 radical (unpaired) electrons. The van der Waals surface area contributed by atoms with Crippen molar-refractivity contribution < 1.29 is 4.79 Å². The third-order valence-corrected chi connectivity index (χ3v) is 3.89. The normalized spacial score (nSPS) is 11.4. The highest BCUT2D eigenvalue weighted by Gasteiger charge is 2.14. The summed E-state index contributed by atoms with van der Waals surface area (Å²) in [5, 5.41) is 0.